The third-order valence-corrected chi connectivity index (χ3v) is 6.03. The van der Waals surface area contributed by atoms with Crippen LogP contribution in [0.2, 0.25) is 0 Å². The minimum atomic E-state index is -3.69. The maximum Gasteiger partial charge on any atom is 0.268 e. The maximum atomic E-state index is 12.5. The lowest BCUT2D eigenvalue weighted by atomic mass is 10.0. The summed E-state index contributed by atoms with van der Waals surface area (Å²) in [4.78, 5) is 12.5. The SMILES string of the molecule is CC(C)COc1cc(-c2ccc(CCNC[C@@H](O)c3ccccc3)cc2)ccc1C(=O)NS(C)(=O)=O.Cl. The van der Waals surface area contributed by atoms with Crippen LogP contribution in [0.15, 0.2) is 72.8 Å². The van der Waals surface area contributed by atoms with E-state index in [9.17, 15) is 18.3 Å². The Morgan fingerprint density at radius 1 is 0.973 bits per heavy atom. The quantitative estimate of drug-likeness (QED) is 0.291. The molecule has 0 spiro atoms. The molecule has 0 unspecified atom stereocenters. The summed E-state index contributed by atoms with van der Waals surface area (Å²) in [6, 6.07) is 22.8. The van der Waals surface area contributed by atoms with Gasteiger partial charge in [-0.15, -0.1) is 12.4 Å². The van der Waals surface area contributed by atoms with Crippen molar-refractivity contribution < 1.29 is 23.1 Å². The van der Waals surface area contributed by atoms with Crippen molar-refractivity contribution in [1.82, 2.24) is 10.0 Å². The molecule has 0 aliphatic heterocycles. The van der Waals surface area contributed by atoms with E-state index in [4.69, 9.17) is 4.74 Å². The van der Waals surface area contributed by atoms with Crippen LogP contribution in [0.5, 0.6) is 5.75 Å². The van der Waals surface area contributed by atoms with Gasteiger partial charge >= 0.3 is 0 Å². The number of aliphatic hydroxyl groups excluding tert-OH is 1. The zero-order valence-electron chi connectivity index (χ0n) is 21.3. The third-order valence-electron chi connectivity index (χ3n) is 5.48. The number of ether oxygens (including phenoxy) is 1. The number of hydrogen-bond donors (Lipinski definition) is 3. The summed E-state index contributed by atoms with van der Waals surface area (Å²) in [6.45, 7) is 5.61. The van der Waals surface area contributed by atoms with E-state index in [-0.39, 0.29) is 23.9 Å². The average Bonchev–Trinajstić information content (AvgIpc) is 2.85. The van der Waals surface area contributed by atoms with E-state index in [1.165, 1.54) is 0 Å². The van der Waals surface area contributed by atoms with Crippen molar-refractivity contribution in [3.8, 4) is 16.9 Å². The number of halogens is 1. The van der Waals surface area contributed by atoms with Crippen molar-refractivity contribution in [3.05, 3.63) is 89.5 Å². The van der Waals surface area contributed by atoms with Crippen molar-refractivity contribution in [1.29, 1.82) is 0 Å². The zero-order valence-corrected chi connectivity index (χ0v) is 22.9. The van der Waals surface area contributed by atoms with Gasteiger partial charge in [-0.05, 0) is 53.3 Å². The number of sulfonamides is 1. The van der Waals surface area contributed by atoms with E-state index in [0.717, 1.165) is 41.5 Å². The second kappa shape index (κ2) is 14.1. The molecule has 37 heavy (non-hydrogen) atoms. The van der Waals surface area contributed by atoms with Gasteiger partial charge in [0.05, 0.1) is 24.5 Å². The van der Waals surface area contributed by atoms with Crippen LogP contribution >= 0.6 is 12.4 Å². The van der Waals surface area contributed by atoms with E-state index in [0.29, 0.717) is 18.9 Å². The first-order valence-electron chi connectivity index (χ1n) is 11.9. The summed E-state index contributed by atoms with van der Waals surface area (Å²) in [5, 5.41) is 13.5. The monoisotopic (exact) mass is 546 g/mol. The molecule has 7 nitrogen and oxygen atoms in total. The van der Waals surface area contributed by atoms with Crippen LogP contribution < -0.4 is 14.8 Å². The van der Waals surface area contributed by atoms with Crippen LogP contribution in [-0.4, -0.2) is 45.4 Å². The van der Waals surface area contributed by atoms with Crippen molar-refractivity contribution in [3.63, 3.8) is 0 Å². The second-order valence-corrected chi connectivity index (χ2v) is 10.9. The van der Waals surface area contributed by atoms with E-state index in [1.54, 1.807) is 18.2 Å². The van der Waals surface area contributed by atoms with Gasteiger partial charge in [-0.2, -0.15) is 0 Å². The Hall–Kier alpha value is -2.91. The molecule has 0 saturated carbocycles. The Morgan fingerprint density at radius 3 is 2.24 bits per heavy atom. The summed E-state index contributed by atoms with van der Waals surface area (Å²) < 4.78 is 30.9. The fraction of sp³-hybridized carbons (Fsp3) is 0.321. The van der Waals surface area contributed by atoms with Gasteiger partial charge in [0.2, 0.25) is 10.0 Å². The second-order valence-electron chi connectivity index (χ2n) is 9.20. The van der Waals surface area contributed by atoms with Gasteiger partial charge < -0.3 is 15.2 Å². The molecular formula is C28H35ClN2O5S. The van der Waals surface area contributed by atoms with Gasteiger partial charge in [-0.3, -0.25) is 4.79 Å². The first kappa shape index (κ1) is 30.3. The number of amides is 1. The van der Waals surface area contributed by atoms with E-state index < -0.39 is 22.0 Å². The summed E-state index contributed by atoms with van der Waals surface area (Å²) in [5.41, 5.74) is 4.04. The molecular weight excluding hydrogens is 512 g/mol. The highest BCUT2D eigenvalue weighted by molar-refractivity contribution is 7.89. The fourth-order valence-electron chi connectivity index (χ4n) is 3.62. The van der Waals surface area contributed by atoms with E-state index in [1.807, 2.05) is 73.2 Å². The van der Waals surface area contributed by atoms with Crippen LogP contribution in [0.4, 0.5) is 0 Å². The zero-order chi connectivity index (χ0) is 26.1. The molecule has 0 aliphatic carbocycles. The molecule has 3 aromatic carbocycles. The molecule has 1 amide bonds. The van der Waals surface area contributed by atoms with Gasteiger partial charge in [0.1, 0.15) is 5.75 Å². The minimum Gasteiger partial charge on any atom is -0.492 e. The average molecular weight is 547 g/mol. The molecule has 0 radical (unpaired) electrons. The molecule has 3 N–H and O–H groups in total. The lowest BCUT2D eigenvalue weighted by Gasteiger charge is -2.15. The van der Waals surface area contributed by atoms with Crippen LogP contribution in [0, 0.1) is 5.92 Å². The standard InChI is InChI=1S/C28H34N2O5S.ClH/c1-20(2)19-35-27-17-24(13-14-25(27)28(32)30-36(3,33)34)22-11-9-21(10-12-22)15-16-29-18-26(31)23-7-5-4-6-8-23;/h4-14,17,20,26,29,31H,15-16,18-19H2,1-3H3,(H,30,32);1H/t26-;/m1./s1. The highest BCUT2D eigenvalue weighted by Crippen LogP contribution is 2.28. The Balaban J connectivity index is 0.00000481. The van der Waals surface area contributed by atoms with Crippen LogP contribution in [0.25, 0.3) is 11.1 Å². The van der Waals surface area contributed by atoms with Crippen molar-refractivity contribution in [2.24, 2.45) is 5.92 Å². The largest absolute Gasteiger partial charge is 0.492 e. The van der Waals surface area contributed by atoms with Gasteiger partial charge in [-0.25, -0.2) is 13.1 Å². The summed E-state index contributed by atoms with van der Waals surface area (Å²) in [6.07, 6.45) is 1.22. The van der Waals surface area contributed by atoms with Gasteiger partial charge in [0.15, 0.2) is 0 Å². The molecule has 3 rings (SSSR count). The molecule has 0 fully saturated rings. The number of carbonyl (C=O) groups is 1. The lowest BCUT2D eigenvalue weighted by molar-refractivity contribution is 0.0977. The topological polar surface area (TPSA) is 105 Å². The van der Waals surface area contributed by atoms with E-state index >= 15 is 0 Å². The lowest BCUT2D eigenvalue weighted by Crippen LogP contribution is -2.29. The molecule has 0 aromatic heterocycles. The van der Waals surface area contributed by atoms with Gasteiger partial charge in [-0.1, -0.05) is 74.5 Å². The fourth-order valence-corrected chi connectivity index (χ4v) is 4.06. The summed E-state index contributed by atoms with van der Waals surface area (Å²) in [5.74, 6) is -0.142. The molecule has 3 aromatic rings. The molecule has 0 bridgehead atoms. The molecule has 0 heterocycles. The Labute approximate surface area is 225 Å². The predicted molar refractivity (Wildman–Crippen MR) is 150 cm³/mol. The van der Waals surface area contributed by atoms with E-state index in [2.05, 4.69) is 5.32 Å². The first-order valence-corrected chi connectivity index (χ1v) is 13.8. The molecule has 200 valence electrons. The van der Waals surface area contributed by atoms with Crippen molar-refractivity contribution >= 4 is 28.3 Å². The van der Waals surface area contributed by atoms with Crippen LogP contribution in [-0.2, 0) is 16.4 Å². The molecule has 0 saturated heterocycles. The number of rotatable bonds is 12. The predicted octanol–water partition coefficient (Wildman–Crippen LogP) is 4.37. The third kappa shape index (κ3) is 9.81. The Bertz CT molecular complexity index is 1250. The number of carbonyl (C=O) groups excluding carboxylic acids is 1. The maximum absolute atomic E-state index is 12.5. The molecule has 1 atom stereocenters. The molecule has 9 heteroatoms. The Kier molecular flexibility index (Phi) is 11.6. The summed E-state index contributed by atoms with van der Waals surface area (Å²) >= 11 is 0. The minimum absolute atomic E-state index is 0. The van der Waals surface area contributed by atoms with Crippen LogP contribution in [0.1, 0.15) is 41.4 Å². The highest BCUT2D eigenvalue weighted by atomic mass is 35.5. The van der Waals surface area contributed by atoms with Crippen molar-refractivity contribution in [2.75, 3.05) is 26.0 Å². The number of hydrogen-bond acceptors (Lipinski definition) is 6. The number of benzene rings is 3. The summed E-state index contributed by atoms with van der Waals surface area (Å²) in [7, 11) is -3.69. The molecule has 0 aliphatic rings. The van der Waals surface area contributed by atoms with Crippen LogP contribution in [0.3, 0.4) is 0 Å². The van der Waals surface area contributed by atoms with Crippen molar-refractivity contribution in [2.45, 2.75) is 26.4 Å². The number of aliphatic hydroxyl groups is 1. The van der Waals surface area contributed by atoms with Gasteiger partial charge in [0.25, 0.3) is 5.91 Å². The smallest absolute Gasteiger partial charge is 0.268 e. The first-order chi connectivity index (χ1) is 17.1. The number of nitrogens with one attached hydrogen (secondary N) is 2. The normalized spacial score (nSPS) is 12.0. The Morgan fingerprint density at radius 2 is 1.62 bits per heavy atom. The highest BCUT2D eigenvalue weighted by Gasteiger charge is 2.18. The van der Waals surface area contributed by atoms with Gasteiger partial charge in [0, 0.05) is 6.54 Å².